The van der Waals surface area contributed by atoms with Gasteiger partial charge in [0.25, 0.3) is 0 Å². The molecule has 4 aromatic rings. The van der Waals surface area contributed by atoms with Gasteiger partial charge in [-0.25, -0.2) is 0 Å². The summed E-state index contributed by atoms with van der Waals surface area (Å²) in [5.41, 5.74) is 3.09. The molecule has 0 saturated carbocycles. The molecule has 0 spiro atoms. The van der Waals surface area contributed by atoms with E-state index < -0.39 is 11.7 Å². The fourth-order valence-corrected chi connectivity index (χ4v) is 5.08. The van der Waals surface area contributed by atoms with Crippen LogP contribution in [-0.2, 0) is 17.5 Å². The maximum atomic E-state index is 13.4. The third kappa shape index (κ3) is 6.17. The van der Waals surface area contributed by atoms with Crippen molar-refractivity contribution >= 4 is 5.91 Å². The Balaban J connectivity index is 1.16. The molecule has 1 fully saturated rings. The van der Waals surface area contributed by atoms with Gasteiger partial charge in [-0.2, -0.15) is 13.2 Å². The Hall–Kier alpha value is -3.84. The second-order valence-electron chi connectivity index (χ2n) is 9.79. The number of piperidine rings is 1. The number of alkyl halides is 3. The molecule has 1 amide bonds. The van der Waals surface area contributed by atoms with Crippen LogP contribution in [0.3, 0.4) is 0 Å². The zero-order valence-electron chi connectivity index (χ0n) is 20.9. The second kappa shape index (κ2) is 11.3. The number of hydrogen-bond donors (Lipinski definition) is 1. The highest BCUT2D eigenvalue weighted by atomic mass is 19.4. The van der Waals surface area contributed by atoms with E-state index in [1.54, 1.807) is 0 Å². The number of likely N-dealkylation sites (tertiary alicyclic amines) is 1. The van der Waals surface area contributed by atoms with Gasteiger partial charge in [-0.15, -0.1) is 0 Å². The molecule has 196 valence electrons. The third-order valence-corrected chi connectivity index (χ3v) is 7.12. The van der Waals surface area contributed by atoms with E-state index in [-0.39, 0.29) is 17.9 Å². The summed E-state index contributed by atoms with van der Waals surface area (Å²) in [5.74, 6) is -0.324. The fraction of sp³-hybridized carbons (Fsp3) is 0.258. The standard InChI is InChI=1S/C31H30F3N3O/c32-31(33,34)26-11-13-28(14-12-26)37-20-15-23(22-37)21-36-18-16-27(17-19-36)35-30(38)29(24-7-3-1-4-8-24)25-9-5-2-6-10-25/h1-15,20,22,27,29H,16-19,21H2,(H,35,38). The van der Waals surface area contributed by atoms with Crippen molar-refractivity contribution in [3.8, 4) is 5.69 Å². The topological polar surface area (TPSA) is 37.3 Å². The number of halogens is 3. The monoisotopic (exact) mass is 517 g/mol. The van der Waals surface area contributed by atoms with Crippen LogP contribution in [0, 0.1) is 0 Å². The fourth-order valence-electron chi connectivity index (χ4n) is 5.08. The SMILES string of the molecule is O=C(NC1CCN(Cc2ccn(-c3ccc(C(F)(F)F)cc3)c2)CC1)C(c1ccccc1)c1ccccc1. The van der Waals surface area contributed by atoms with Gasteiger partial charge in [0.15, 0.2) is 0 Å². The number of hydrogen-bond acceptors (Lipinski definition) is 2. The number of rotatable bonds is 7. The van der Waals surface area contributed by atoms with E-state index >= 15 is 0 Å². The average Bonchev–Trinajstić information content (AvgIpc) is 3.39. The number of carbonyl (C=O) groups is 1. The van der Waals surface area contributed by atoms with Crippen LogP contribution < -0.4 is 5.32 Å². The highest BCUT2D eigenvalue weighted by Gasteiger charge is 2.30. The number of benzene rings is 3. The summed E-state index contributed by atoms with van der Waals surface area (Å²) < 4.78 is 40.4. The summed E-state index contributed by atoms with van der Waals surface area (Å²) in [4.78, 5) is 15.8. The van der Waals surface area contributed by atoms with E-state index in [2.05, 4.69) is 10.2 Å². The maximum absolute atomic E-state index is 13.4. The van der Waals surface area contributed by atoms with Gasteiger partial charge < -0.3 is 9.88 Å². The lowest BCUT2D eigenvalue weighted by molar-refractivity contribution is -0.137. The molecule has 4 nitrogen and oxygen atoms in total. The Morgan fingerprint density at radius 2 is 1.42 bits per heavy atom. The van der Waals surface area contributed by atoms with Gasteiger partial charge in [-0.05, 0) is 59.9 Å². The molecule has 7 heteroatoms. The Labute approximate surface area is 220 Å². The quantitative estimate of drug-likeness (QED) is 0.308. The molecule has 1 aliphatic heterocycles. The summed E-state index contributed by atoms with van der Waals surface area (Å²) in [6.45, 7) is 2.47. The summed E-state index contributed by atoms with van der Waals surface area (Å²) in [7, 11) is 0. The number of amides is 1. The average molecular weight is 518 g/mol. The Kier molecular flexibility index (Phi) is 7.65. The van der Waals surface area contributed by atoms with Crippen molar-refractivity contribution < 1.29 is 18.0 Å². The van der Waals surface area contributed by atoms with E-state index in [0.717, 1.165) is 61.3 Å². The first-order valence-corrected chi connectivity index (χ1v) is 12.8. The molecule has 0 aliphatic carbocycles. The first kappa shape index (κ1) is 25.8. The Morgan fingerprint density at radius 1 is 0.842 bits per heavy atom. The van der Waals surface area contributed by atoms with E-state index in [9.17, 15) is 18.0 Å². The van der Waals surface area contributed by atoms with E-state index in [4.69, 9.17) is 0 Å². The van der Waals surface area contributed by atoms with Crippen molar-refractivity contribution in [2.75, 3.05) is 13.1 Å². The number of carbonyl (C=O) groups excluding carboxylic acids is 1. The van der Waals surface area contributed by atoms with Crippen LogP contribution in [0.25, 0.3) is 5.69 Å². The molecule has 1 saturated heterocycles. The first-order valence-electron chi connectivity index (χ1n) is 12.8. The lowest BCUT2D eigenvalue weighted by Crippen LogP contribution is -2.45. The molecule has 0 bridgehead atoms. The van der Waals surface area contributed by atoms with Gasteiger partial charge >= 0.3 is 6.18 Å². The van der Waals surface area contributed by atoms with Gasteiger partial charge in [-0.3, -0.25) is 9.69 Å². The number of aromatic nitrogens is 1. The van der Waals surface area contributed by atoms with Gasteiger partial charge in [0.05, 0.1) is 11.5 Å². The highest BCUT2D eigenvalue weighted by molar-refractivity contribution is 5.87. The van der Waals surface area contributed by atoms with Crippen molar-refractivity contribution in [1.82, 2.24) is 14.8 Å². The molecular weight excluding hydrogens is 487 g/mol. The Bertz CT molecular complexity index is 1290. The van der Waals surface area contributed by atoms with Crippen molar-refractivity contribution in [1.29, 1.82) is 0 Å². The second-order valence-corrected chi connectivity index (χ2v) is 9.79. The lowest BCUT2D eigenvalue weighted by atomic mass is 9.90. The zero-order valence-corrected chi connectivity index (χ0v) is 20.9. The van der Waals surface area contributed by atoms with Crippen LogP contribution in [-0.4, -0.2) is 34.5 Å². The molecule has 1 aromatic heterocycles. The molecule has 0 atom stereocenters. The minimum absolute atomic E-state index is 0.0227. The van der Waals surface area contributed by atoms with E-state index in [1.165, 1.54) is 12.1 Å². The van der Waals surface area contributed by atoms with Crippen molar-refractivity contribution in [2.24, 2.45) is 0 Å². The molecule has 0 radical (unpaired) electrons. The van der Waals surface area contributed by atoms with Gasteiger partial charge in [0.1, 0.15) is 0 Å². The van der Waals surface area contributed by atoms with Crippen molar-refractivity contribution in [2.45, 2.75) is 37.5 Å². The lowest BCUT2D eigenvalue weighted by Gasteiger charge is -2.33. The molecule has 0 unspecified atom stereocenters. The van der Waals surface area contributed by atoms with Crippen molar-refractivity contribution in [3.05, 3.63) is 126 Å². The molecule has 1 aliphatic rings. The molecule has 38 heavy (non-hydrogen) atoms. The molecular formula is C31H30F3N3O. The minimum Gasteiger partial charge on any atom is -0.352 e. The number of nitrogens with zero attached hydrogens (tertiary/aromatic N) is 2. The van der Waals surface area contributed by atoms with Crippen LogP contribution in [0.4, 0.5) is 13.2 Å². The van der Waals surface area contributed by atoms with Crippen LogP contribution in [0.5, 0.6) is 0 Å². The maximum Gasteiger partial charge on any atom is 0.416 e. The van der Waals surface area contributed by atoms with Gasteiger partial charge in [0.2, 0.25) is 5.91 Å². The minimum atomic E-state index is -4.34. The zero-order chi connectivity index (χ0) is 26.5. The summed E-state index contributed by atoms with van der Waals surface area (Å²) in [5, 5.41) is 3.29. The largest absolute Gasteiger partial charge is 0.416 e. The van der Waals surface area contributed by atoms with Crippen molar-refractivity contribution in [3.63, 3.8) is 0 Å². The predicted octanol–water partition coefficient (Wildman–Crippen LogP) is 6.41. The summed E-state index contributed by atoms with van der Waals surface area (Å²) in [6.07, 6.45) is 1.22. The summed E-state index contributed by atoms with van der Waals surface area (Å²) >= 11 is 0. The molecule has 3 aromatic carbocycles. The summed E-state index contributed by atoms with van der Waals surface area (Å²) in [6, 6.07) is 27.0. The highest BCUT2D eigenvalue weighted by Crippen LogP contribution is 2.30. The van der Waals surface area contributed by atoms with Crippen LogP contribution in [0.15, 0.2) is 103 Å². The van der Waals surface area contributed by atoms with Crippen LogP contribution >= 0.6 is 0 Å². The smallest absolute Gasteiger partial charge is 0.352 e. The normalized spacial score (nSPS) is 15.1. The molecule has 1 N–H and O–H groups in total. The third-order valence-electron chi connectivity index (χ3n) is 7.12. The Morgan fingerprint density at radius 3 is 1.97 bits per heavy atom. The predicted molar refractivity (Wildman–Crippen MR) is 142 cm³/mol. The first-order chi connectivity index (χ1) is 18.4. The molecule has 5 rings (SSSR count). The van der Waals surface area contributed by atoms with Gasteiger partial charge in [-0.1, -0.05) is 60.7 Å². The van der Waals surface area contributed by atoms with E-state index in [1.807, 2.05) is 83.7 Å². The van der Waals surface area contributed by atoms with E-state index in [0.29, 0.717) is 5.69 Å². The van der Waals surface area contributed by atoms with Crippen LogP contribution in [0.1, 0.15) is 41.0 Å². The van der Waals surface area contributed by atoms with Gasteiger partial charge in [0, 0.05) is 43.8 Å². The number of nitrogens with one attached hydrogen (secondary N) is 1. The molecule has 2 heterocycles. The van der Waals surface area contributed by atoms with Crippen LogP contribution in [0.2, 0.25) is 0 Å².